The predicted molar refractivity (Wildman–Crippen MR) is 73.7 cm³/mol. The highest BCUT2D eigenvalue weighted by atomic mass is 19.1. The first-order valence-electron chi connectivity index (χ1n) is 7.15. The van der Waals surface area contributed by atoms with Gasteiger partial charge in [-0.05, 0) is 55.6 Å². The molecule has 0 aliphatic heterocycles. The highest BCUT2D eigenvalue weighted by molar-refractivity contribution is 5.20. The molecule has 0 aromatic heterocycles. The largest absolute Gasteiger partial charge is 0.327 e. The van der Waals surface area contributed by atoms with Gasteiger partial charge in [-0.2, -0.15) is 0 Å². The normalized spacial score (nSPS) is 29.2. The van der Waals surface area contributed by atoms with Gasteiger partial charge in [0.25, 0.3) is 0 Å². The molecule has 3 unspecified atom stereocenters. The zero-order chi connectivity index (χ0) is 14.0. The lowest BCUT2D eigenvalue weighted by Crippen LogP contribution is -2.37. The summed E-state index contributed by atoms with van der Waals surface area (Å²) in [5.74, 6) is 0.730. The van der Waals surface area contributed by atoms with Crippen LogP contribution in [0.15, 0.2) is 18.2 Å². The van der Waals surface area contributed by atoms with E-state index >= 15 is 0 Å². The van der Waals surface area contributed by atoms with Gasteiger partial charge in [0.1, 0.15) is 11.6 Å². The van der Waals surface area contributed by atoms with Gasteiger partial charge < -0.3 is 5.73 Å². The molecule has 3 heteroatoms. The van der Waals surface area contributed by atoms with Crippen LogP contribution in [0.4, 0.5) is 8.78 Å². The van der Waals surface area contributed by atoms with Gasteiger partial charge in [0, 0.05) is 11.6 Å². The Kier molecular flexibility index (Phi) is 4.56. The Bertz CT molecular complexity index is 403. The van der Waals surface area contributed by atoms with Gasteiger partial charge in [-0.3, -0.25) is 0 Å². The van der Waals surface area contributed by atoms with E-state index < -0.39 is 11.6 Å². The Morgan fingerprint density at radius 1 is 1.11 bits per heavy atom. The van der Waals surface area contributed by atoms with Crippen molar-refractivity contribution >= 4 is 0 Å². The number of hydrogen-bond donors (Lipinski definition) is 1. The average Bonchev–Trinajstić information content (AvgIpc) is 2.32. The van der Waals surface area contributed by atoms with Gasteiger partial charge in [-0.15, -0.1) is 0 Å². The van der Waals surface area contributed by atoms with Gasteiger partial charge in [0.05, 0.1) is 0 Å². The summed E-state index contributed by atoms with van der Waals surface area (Å²) in [7, 11) is 0. The Morgan fingerprint density at radius 3 is 2.16 bits per heavy atom. The molecule has 2 rings (SSSR count). The molecule has 0 saturated heterocycles. The topological polar surface area (TPSA) is 26.0 Å². The molecule has 1 aromatic rings. The number of nitrogens with two attached hydrogens (primary N) is 1. The van der Waals surface area contributed by atoms with Crippen LogP contribution in [-0.4, -0.2) is 6.04 Å². The van der Waals surface area contributed by atoms with Crippen LogP contribution in [-0.2, 0) is 6.42 Å². The number of hydrogen-bond acceptors (Lipinski definition) is 1. The third-order valence-corrected chi connectivity index (χ3v) is 4.32. The van der Waals surface area contributed by atoms with Crippen LogP contribution in [0.25, 0.3) is 0 Å². The van der Waals surface area contributed by atoms with Crippen molar-refractivity contribution in [1.29, 1.82) is 0 Å². The first kappa shape index (κ1) is 14.4. The van der Waals surface area contributed by atoms with E-state index in [1.807, 2.05) is 0 Å². The fourth-order valence-corrected chi connectivity index (χ4v) is 3.49. The fraction of sp³-hybridized carbons (Fsp3) is 0.625. The second kappa shape index (κ2) is 6.00. The highest BCUT2D eigenvalue weighted by Gasteiger charge is 2.29. The third kappa shape index (κ3) is 3.53. The second-order valence-electron chi connectivity index (χ2n) is 6.25. The van der Waals surface area contributed by atoms with Crippen LogP contribution in [0.1, 0.15) is 38.7 Å². The minimum absolute atomic E-state index is 0.140. The summed E-state index contributed by atoms with van der Waals surface area (Å²) < 4.78 is 27.3. The first-order valence-corrected chi connectivity index (χ1v) is 7.15. The molecular weight excluding hydrogens is 244 g/mol. The summed E-state index contributed by atoms with van der Waals surface area (Å²) in [5, 5.41) is 0. The number of rotatable bonds is 3. The molecule has 1 aromatic carbocycles. The lowest BCUT2D eigenvalue weighted by Gasteiger charge is -2.35. The summed E-state index contributed by atoms with van der Waals surface area (Å²) in [6, 6.07) is 3.84. The van der Waals surface area contributed by atoms with Crippen LogP contribution in [0, 0.1) is 29.4 Å². The molecule has 0 bridgehead atoms. The first-order chi connectivity index (χ1) is 8.97. The molecule has 19 heavy (non-hydrogen) atoms. The van der Waals surface area contributed by atoms with E-state index in [1.165, 1.54) is 24.6 Å². The van der Waals surface area contributed by atoms with Crippen molar-refractivity contribution in [2.45, 2.75) is 45.6 Å². The summed E-state index contributed by atoms with van der Waals surface area (Å²) in [5.41, 5.74) is 6.35. The lowest BCUT2D eigenvalue weighted by molar-refractivity contribution is 0.191. The quantitative estimate of drug-likeness (QED) is 0.883. The Hall–Kier alpha value is -0.960. The Balaban J connectivity index is 2.06. The summed E-state index contributed by atoms with van der Waals surface area (Å²) in [6.45, 7) is 4.47. The van der Waals surface area contributed by atoms with Crippen LogP contribution in [0.5, 0.6) is 0 Å². The second-order valence-corrected chi connectivity index (χ2v) is 6.25. The van der Waals surface area contributed by atoms with E-state index in [1.54, 1.807) is 0 Å². The van der Waals surface area contributed by atoms with Crippen LogP contribution in [0.3, 0.4) is 0 Å². The number of benzene rings is 1. The molecule has 1 fully saturated rings. The van der Waals surface area contributed by atoms with Crippen molar-refractivity contribution < 1.29 is 8.78 Å². The van der Waals surface area contributed by atoms with E-state index in [-0.39, 0.29) is 11.6 Å². The SMILES string of the molecule is CC1CC(C)CC(C(N)Cc2c(F)cccc2F)C1. The van der Waals surface area contributed by atoms with Crippen molar-refractivity contribution in [2.24, 2.45) is 23.5 Å². The van der Waals surface area contributed by atoms with E-state index in [0.29, 0.717) is 24.2 Å². The molecular formula is C16H23F2N. The molecule has 2 N–H and O–H groups in total. The summed E-state index contributed by atoms with van der Waals surface area (Å²) >= 11 is 0. The maximum absolute atomic E-state index is 13.6. The smallest absolute Gasteiger partial charge is 0.129 e. The van der Waals surface area contributed by atoms with Crippen molar-refractivity contribution in [3.8, 4) is 0 Å². The monoisotopic (exact) mass is 267 g/mol. The van der Waals surface area contributed by atoms with Crippen molar-refractivity contribution in [3.63, 3.8) is 0 Å². The van der Waals surface area contributed by atoms with Crippen LogP contribution in [0.2, 0.25) is 0 Å². The van der Waals surface area contributed by atoms with Gasteiger partial charge >= 0.3 is 0 Å². The highest BCUT2D eigenvalue weighted by Crippen LogP contribution is 2.35. The Morgan fingerprint density at radius 2 is 1.63 bits per heavy atom. The minimum atomic E-state index is -0.479. The summed E-state index contributed by atoms with van der Waals surface area (Å²) in [6.07, 6.45) is 3.67. The average molecular weight is 267 g/mol. The van der Waals surface area contributed by atoms with Gasteiger partial charge in [0.2, 0.25) is 0 Å². The van der Waals surface area contributed by atoms with E-state index in [2.05, 4.69) is 13.8 Å². The van der Waals surface area contributed by atoms with Gasteiger partial charge in [0.15, 0.2) is 0 Å². The predicted octanol–water partition coefficient (Wildman–Crippen LogP) is 3.91. The van der Waals surface area contributed by atoms with Gasteiger partial charge in [-0.25, -0.2) is 8.78 Å². The van der Waals surface area contributed by atoms with Crippen molar-refractivity contribution in [2.75, 3.05) is 0 Å². The standard InChI is InChI=1S/C16H23F2N/c1-10-6-11(2)8-12(7-10)16(19)9-13-14(17)4-3-5-15(13)18/h3-5,10-12,16H,6-9,19H2,1-2H3. The van der Waals surface area contributed by atoms with E-state index in [0.717, 1.165) is 12.8 Å². The zero-order valence-electron chi connectivity index (χ0n) is 11.7. The minimum Gasteiger partial charge on any atom is -0.327 e. The number of halogens is 2. The molecule has 1 aliphatic carbocycles. The zero-order valence-corrected chi connectivity index (χ0v) is 11.7. The van der Waals surface area contributed by atoms with Crippen LogP contribution >= 0.6 is 0 Å². The molecule has 1 nitrogen and oxygen atoms in total. The molecule has 106 valence electrons. The molecule has 0 spiro atoms. The molecule has 3 atom stereocenters. The van der Waals surface area contributed by atoms with Crippen LogP contribution < -0.4 is 5.73 Å². The maximum Gasteiger partial charge on any atom is 0.129 e. The van der Waals surface area contributed by atoms with Crippen molar-refractivity contribution in [1.82, 2.24) is 0 Å². The molecule has 1 saturated carbocycles. The molecule has 0 heterocycles. The lowest BCUT2D eigenvalue weighted by atomic mass is 9.73. The fourth-order valence-electron chi connectivity index (χ4n) is 3.49. The van der Waals surface area contributed by atoms with Gasteiger partial charge in [-0.1, -0.05) is 19.9 Å². The molecule has 0 radical (unpaired) electrons. The van der Waals surface area contributed by atoms with Crippen molar-refractivity contribution in [3.05, 3.63) is 35.4 Å². The van der Waals surface area contributed by atoms with E-state index in [9.17, 15) is 8.78 Å². The molecule has 1 aliphatic rings. The van der Waals surface area contributed by atoms with E-state index in [4.69, 9.17) is 5.73 Å². The molecule has 0 amide bonds. The Labute approximate surface area is 114 Å². The maximum atomic E-state index is 13.6. The third-order valence-electron chi connectivity index (χ3n) is 4.32. The summed E-state index contributed by atoms with van der Waals surface area (Å²) in [4.78, 5) is 0.